The monoisotopic (exact) mass is 1640 g/mol. The number of hydrogen-bond donors (Lipinski definition) is 0. The van der Waals surface area contributed by atoms with Gasteiger partial charge in [0.2, 0.25) is 0 Å². The van der Waals surface area contributed by atoms with E-state index in [0.29, 0.717) is 6.92 Å². The Hall–Kier alpha value is -8.18. The Balaban J connectivity index is -0.000000113. The number of esters is 8. The standard InChI is InChI=1S/C25H28F8O12.C15H14F10O7.C7H10F2O3.C6H8F2O2.9CH4/c1-12(2)16(34)41-20(42-17(35)13(3)4)38-9-22(26,27)10-40-24(30,31)25(32,33)45-23(28,29)11-39-21(43-18(36)14(5)6)44-19(37)15(7)8;1-7(2)9(26)28-5-11(16,17)30-13(20,21)14(22,23)32-15(24,25)31-12(18,19)6-29-10(27)8(3)4;1-3-6(10)11-5-7(8,9)12-4-2;1-3-5(9)10-4-6(2,7)8;;;;;;;;;/h20-21H,1,3,5,7,9-11H2,2,4,6,8H3;1,3,5-6H2,2,4H3;3H,1,4-5H2,2H3;3H,1,4H2,2H3;9*1H4. The van der Waals surface area contributed by atoms with Crippen molar-refractivity contribution < 1.29 is 211 Å². The molecule has 0 spiro atoms. The fourth-order valence-electron chi connectivity index (χ4n) is 3.87. The molecule has 108 heavy (non-hydrogen) atoms. The van der Waals surface area contributed by atoms with Crippen molar-refractivity contribution in [1.29, 1.82) is 0 Å². The van der Waals surface area contributed by atoms with Crippen molar-refractivity contribution >= 4 is 47.8 Å². The summed E-state index contributed by atoms with van der Waals surface area (Å²) in [4.78, 5) is 88.7. The van der Waals surface area contributed by atoms with Crippen LogP contribution >= 0.6 is 0 Å². The zero-order chi connectivity index (χ0) is 79.1. The maximum atomic E-state index is 14.1. The molecule has 642 valence electrons. The Morgan fingerprint density at radius 3 is 0.870 bits per heavy atom. The second-order valence-electron chi connectivity index (χ2n) is 18.4. The second-order valence-corrected chi connectivity index (χ2v) is 18.4. The van der Waals surface area contributed by atoms with Crippen molar-refractivity contribution in [3.8, 4) is 0 Å². The van der Waals surface area contributed by atoms with Crippen molar-refractivity contribution in [3.63, 3.8) is 0 Å². The molecule has 24 nitrogen and oxygen atoms in total. The van der Waals surface area contributed by atoms with E-state index in [4.69, 9.17) is 0 Å². The predicted octanol–water partition coefficient (Wildman–Crippen LogP) is 17.1. The van der Waals surface area contributed by atoms with Gasteiger partial charge in [0, 0.05) is 52.5 Å². The average molecular weight is 1640 g/mol. The smallest absolute Gasteiger partial charge is 0.456 e. The van der Waals surface area contributed by atoms with Crippen LogP contribution in [0.25, 0.3) is 0 Å². The molecule has 0 saturated heterocycles. The molecule has 0 saturated carbocycles. The molecule has 0 heterocycles. The van der Waals surface area contributed by atoms with Gasteiger partial charge in [-0.15, -0.1) is 8.78 Å². The van der Waals surface area contributed by atoms with Crippen LogP contribution in [0.15, 0.2) is 98.2 Å². The molecular formula is C62H96F22O24. The summed E-state index contributed by atoms with van der Waals surface area (Å²) in [5, 5.41) is 0. The third-order valence-electron chi connectivity index (χ3n) is 8.22. The van der Waals surface area contributed by atoms with Crippen LogP contribution in [0.3, 0.4) is 0 Å². The van der Waals surface area contributed by atoms with E-state index in [1.54, 1.807) is 0 Å². The molecule has 0 fully saturated rings. The first-order chi connectivity index (χ1) is 44.2. The third-order valence-corrected chi connectivity index (χ3v) is 8.22. The quantitative estimate of drug-likeness (QED) is 0.0181. The molecule has 0 amide bonds. The van der Waals surface area contributed by atoms with Gasteiger partial charge in [0.1, 0.15) is 19.8 Å². The van der Waals surface area contributed by atoms with Crippen LogP contribution in [-0.2, 0) is 114 Å². The van der Waals surface area contributed by atoms with Crippen molar-refractivity contribution in [1.82, 2.24) is 0 Å². The summed E-state index contributed by atoms with van der Waals surface area (Å²) < 4.78 is 352. The Kier molecular flexibility index (Phi) is 65.2. The van der Waals surface area contributed by atoms with Gasteiger partial charge in [0.05, 0.1) is 6.61 Å². The van der Waals surface area contributed by atoms with Crippen LogP contribution in [0.5, 0.6) is 0 Å². The van der Waals surface area contributed by atoms with Crippen LogP contribution < -0.4 is 0 Å². The molecule has 46 heteroatoms. The average Bonchev–Trinajstić information content (AvgIpc) is 0.791. The number of carbonyl (C=O) groups excluding carboxylic acids is 8. The third kappa shape index (κ3) is 58.9. The van der Waals surface area contributed by atoms with Crippen LogP contribution in [0.4, 0.5) is 96.6 Å². The van der Waals surface area contributed by atoms with E-state index in [0.717, 1.165) is 53.7 Å². The van der Waals surface area contributed by atoms with Gasteiger partial charge in [0.25, 0.3) is 11.8 Å². The molecule has 0 aromatic rings. The van der Waals surface area contributed by atoms with Gasteiger partial charge in [-0.25, -0.2) is 74.9 Å². The van der Waals surface area contributed by atoms with Gasteiger partial charge in [-0.3, -0.25) is 0 Å². The minimum atomic E-state index is -6.71. The van der Waals surface area contributed by atoms with Crippen molar-refractivity contribution in [3.05, 3.63) is 98.2 Å². The lowest BCUT2D eigenvalue weighted by atomic mass is 10.4. The van der Waals surface area contributed by atoms with Crippen LogP contribution in [0.2, 0.25) is 0 Å². The van der Waals surface area contributed by atoms with E-state index >= 15 is 0 Å². The summed E-state index contributed by atoms with van der Waals surface area (Å²) >= 11 is 0. The van der Waals surface area contributed by atoms with Crippen molar-refractivity contribution in [2.24, 2.45) is 0 Å². The zero-order valence-electron chi connectivity index (χ0n) is 52.2. The summed E-state index contributed by atoms with van der Waals surface area (Å²) in [6, 6.07) is 0. The summed E-state index contributed by atoms with van der Waals surface area (Å²) in [6.45, 7) is 13.7. The summed E-state index contributed by atoms with van der Waals surface area (Å²) in [5.41, 5.74) is -2.40. The van der Waals surface area contributed by atoms with Crippen LogP contribution in [0, 0.1) is 0 Å². The van der Waals surface area contributed by atoms with Crippen molar-refractivity contribution in [2.45, 2.75) is 202 Å². The lowest BCUT2D eigenvalue weighted by molar-refractivity contribution is -0.566. The summed E-state index contributed by atoms with van der Waals surface area (Å²) in [6.07, 6.45) is -49.9. The highest BCUT2D eigenvalue weighted by atomic mass is 19.4. The second kappa shape index (κ2) is 54.4. The maximum Gasteiger partial charge on any atom is 0.495 e. The highest BCUT2D eigenvalue weighted by molar-refractivity contribution is 5.90. The number of ether oxygens (including phenoxy) is 16. The molecule has 0 radical (unpaired) electrons. The van der Waals surface area contributed by atoms with Gasteiger partial charge in [0.15, 0.2) is 26.4 Å². The van der Waals surface area contributed by atoms with E-state index < -0.39 is 185 Å². The molecule has 0 bridgehead atoms. The Labute approximate surface area is 610 Å². The van der Waals surface area contributed by atoms with E-state index in [-0.39, 0.29) is 95.7 Å². The highest BCUT2D eigenvalue weighted by Gasteiger charge is 2.69. The minimum Gasteiger partial charge on any atom is -0.456 e. The molecule has 0 aromatic heterocycles. The Morgan fingerprint density at radius 2 is 0.583 bits per heavy atom. The van der Waals surface area contributed by atoms with Gasteiger partial charge in [-0.05, 0) is 48.5 Å². The van der Waals surface area contributed by atoms with Crippen LogP contribution in [0.1, 0.15) is 122 Å². The van der Waals surface area contributed by atoms with E-state index in [1.807, 2.05) is 0 Å². The van der Waals surface area contributed by atoms with E-state index in [2.05, 4.69) is 128 Å². The molecular weight excluding hydrogens is 1550 g/mol. The van der Waals surface area contributed by atoms with Gasteiger partial charge >= 0.3 is 116 Å². The van der Waals surface area contributed by atoms with Gasteiger partial charge in [-0.2, -0.15) is 70.2 Å². The largest absolute Gasteiger partial charge is 0.495 e. The van der Waals surface area contributed by atoms with E-state index in [9.17, 15) is 135 Å². The first-order valence-electron chi connectivity index (χ1n) is 25.4. The Bertz CT molecular complexity index is 2790. The fourth-order valence-corrected chi connectivity index (χ4v) is 3.87. The first kappa shape index (κ1) is 129. The lowest BCUT2D eigenvalue weighted by Crippen LogP contribution is -2.54. The van der Waals surface area contributed by atoms with Crippen LogP contribution in [-0.4, -0.2) is 181 Å². The highest BCUT2D eigenvalue weighted by Crippen LogP contribution is 2.45. The number of carbonyl (C=O) groups is 8. The molecule has 0 aromatic carbocycles. The molecule has 0 unspecified atom stereocenters. The number of rotatable bonds is 41. The van der Waals surface area contributed by atoms with Gasteiger partial charge in [-0.1, -0.05) is 119 Å². The number of alkyl halides is 22. The topological polar surface area (TPSA) is 284 Å². The first-order valence-corrected chi connectivity index (χ1v) is 25.4. The molecule has 0 rings (SSSR count). The summed E-state index contributed by atoms with van der Waals surface area (Å²) in [5.74, 6) is -17.9. The molecule has 0 aliphatic carbocycles. The predicted molar refractivity (Wildman–Crippen MR) is 340 cm³/mol. The van der Waals surface area contributed by atoms with E-state index in [1.165, 1.54) is 6.92 Å². The summed E-state index contributed by atoms with van der Waals surface area (Å²) in [7, 11) is 0. The molecule has 0 aliphatic heterocycles. The minimum absolute atomic E-state index is 0. The lowest BCUT2D eigenvalue weighted by Gasteiger charge is -2.31. The number of halogens is 22. The molecule has 0 N–H and O–H groups in total. The maximum absolute atomic E-state index is 14.1. The fraction of sp³-hybridized carbons (Fsp3) is 0.613. The molecule has 0 atom stereocenters. The van der Waals surface area contributed by atoms with Crippen molar-refractivity contribution in [2.75, 3.05) is 52.9 Å². The molecule has 0 aliphatic rings. The normalized spacial score (nSPS) is 11.4. The van der Waals surface area contributed by atoms with Gasteiger partial charge < -0.3 is 56.8 Å². The SMILES string of the molecule is C.C.C.C.C.C.C.C.C.C=C(C)C(=O)OC(OCC(F)(F)COC(F)(F)C(F)(F)OC(F)(F)COC(OC(=O)C(=C)C)OC(=O)C(=C)C)OC(=O)C(=C)C.C=C(C)C(=O)OCC(F)(F)OC(F)(F)OC(F)(F)C(F)(F)OC(F)(F)COC(=O)C(=C)C.C=CC(=O)OCC(C)(F)F.C=CC(=O)OCC(F)(F)OCC. The number of hydrogen-bond acceptors (Lipinski definition) is 24. The zero-order valence-corrected chi connectivity index (χ0v) is 52.2. The Morgan fingerprint density at radius 1 is 0.324 bits per heavy atom.